The van der Waals surface area contributed by atoms with E-state index in [1.54, 1.807) is 0 Å². The fourth-order valence-corrected chi connectivity index (χ4v) is 2.90. The second kappa shape index (κ2) is 5.10. The van der Waals surface area contributed by atoms with Crippen molar-refractivity contribution in [1.82, 2.24) is 10.2 Å². The Kier molecular flexibility index (Phi) is 3.32. The maximum absolute atomic E-state index is 5.94. The molecule has 3 N–H and O–H groups in total. The smallest absolute Gasteiger partial charge is 0.150 e. The van der Waals surface area contributed by atoms with Crippen molar-refractivity contribution in [3.63, 3.8) is 0 Å². The van der Waals surface area contributed by atoms with E-state index in [1.165, 1.54) is 25.7 Å². The molecule has 3 rings (SSSR count). The van der Waals surface area contributed by atoms with Crippen LogP contribution in [0.4, 0.5) is 11.5 Å². The molecule has 18 heavy (non-hydrogen) atoms. The zero-order chi connectivity index (χ0) is 12.4. The lowest BCUT2D eigenvalue weighted by Crippen LogP contribution is -2.26. The predicted octanol–water partition coefficient (Wildman–Crippen LogP) is 1.37. The van der Waals surface area contributed by atoms with Crippen LogP contribution in [0.3, 0.4) is 0 Å². The van der Waals surface area contributed by atoms with E-state index in [4.69, 9.17) is 5.73 Å². The van der Waals surface area contributed by atoms with Gasteiger partial charge in [0, 0.05) is 31.2 Å². The third kappa shape index (κ3) is 2.56. The molecule has 5 heteroatoms. The maximum atomic E-state index is 5.94. The molecule has 0 amide bonds. The van der Waals surface area contributed by atoms with Gasteiger partial charge in [-0.05, 0) is 19.3 Å². The van der Waals surface area contributed by atoms with Crippen LogP contribution in [0, 0.1) is 0 Å². The highest BCUT2D eigenvalue weighted by Crippen LogP contribution is 2.24. The molecular formula is C13H21N5. The van der Waals surface area contributed by atoms with Crippen LogP contribution >= 0.6 is 0 Å². The number of rotatable bonds is 3. The molecule has 0 unspecified atom stereocenters. The summed E-state index contributed by atoms with van der Waals surface area (Å²) in [6, 6.07) is 2.98. The van der Waals surface area contributed by atoms with Crippen molar-refractivity contribution in [2.45, 2.75) is 44.2 Å². The summed E-state index contributed by atoms with van der Waals surface area (Å²) in [6.45, 7) is 1.95. The van der Waals surface area contributed by atoms with Gasteiger partial charge in [-0.25, -0.2) is 0 Å². The average Bonchev–Trinajstić information content (AvgIpc) is 3.01. The number of nitrogens with zero attached hydrogens (tertiary/aromatic N) is 3. The summed E-state index contributed by atoms with van der Waals surface area (Å²) in [4.78, 5) is 2.29. The number of nitrogens with two attached hydrogens (primary N) is 1. The summed E-state index contributed by atoms with van der Waals surface area (Å²) in [6.07, 6.45) is 8.05. The zero-order valence-corrected chi connectivity index (χ0v) is 10.7. The van der Waals surface area contributed by atoms with Crippen molar-refractivity contribution < 1.29 is 0 Å². The molecule has 1 saturated heterocycles. The van der Waals surface area contributed by atoms with Crippen molar-refractivity contribution in [2.24, 2.45) is 5.73 Å². The lowest BCUT2D eigenvalue weighted by Gasteiger charge is -2.19. The third-order valence-electron chi connectivity index (χ3n) is 3.94. The minimum absolute atomic E-state index is 0.296. The Morgan fingerprint density at radius 1 is 1.28 bits per heavy atom. The van der Waals surface area contributed by atoms with Gasteiger partial charge in [-0.2, -0.15) is 5.10 Å². The molecule has 2 fully saturated rings. The molecule has 1 aromatic heterocycles. The van der Waals surface area contributed by atoms with Crippen LogP contribution in [0.25, 0.3) is 0 Å². The van der Waals surface area contributed by atoms with Crippen molar-refractivity contribution >= 4 is 11.5 Å². The molecule has 1 aliphatic carbocycles. The van der Waals surface area contributed by atoms with Gasteiger partial charge in [-0.15, -0.1) is 5.10 Å². The fourth-order valence-electron chi connectivity index (χ4n) is 2.90. The van der Waals surface area contributed by atoms with E-state index >= 15 is 0 Å². The minimum atomic E-state index is 0.296. The molecule has 0 radical (unpaired) electrons. The van der Waals surface area contributed by atoms with Gasteiger partial charge in [0.2, 0.25) is 0 Å². The van der Waals surface area contributed by atoms with Gasteiger partial charge in [0.15, 0.2) is 5.82 Å². The molecule has 1 saturated carbocycles. The number of nitrogens with one attached hydrogen (secondary N) is 1. The van der Waals surface area contributed by atoms with Gasteiger partial charge in [0.1, 0.15) is 0 Å². The highest BCUT2D eigenvalue weighted by molar-refractivity contribution is 5.53. The van der Waals surface area contributed by atoms with Crippen LogP contribution in [0.1, 0.15) is 32.1 Å². The topological polar surface area (TPSA) is 67.1 Å². The van der Waals surface area contributed by atoms with E-state index in [9.17, 15) is 0 Å². The summed E-state index contributed by atoms with van der Waals surface area (Å²) in [5.74, 6) is 0.903. The normalized spacial score (nSPS) is 24.7. The first kappa shape index (κ1) is 11.7. The minimum Gasteiger partial charge on any atom is -0.369 e. The molecule has 2 heterocycles. The van der Waals surface area contributed by atoms with Gasteiger partial charge < -0.3 is 16.0 Å². The first-order chi connectivity index (χ1) is 8.81. The Hall–Kier alpha value is -1.36. The van der Waals surface area contributed by atoms with Crippen molar-refractivity contribution in [3.05, 3.63) is 12.3 Å². The Balaban J connectivity index is 1.68. The van der Waals surface area contributed by atoms with E-state index in [0.29, 0.717) is 12.1 Å². The SMILES string of the molecule is N[C@@H]1CCN(c2cnnc(NC3CCCC3)c2)C1. The molecule has 2 aliphatic rings. The highest BCUT2D eigenvalue weighted by atomic mass is 15.2. The Morgan fingerprint density at radius 2 is 2.11 bits per heavy atom. The van der Waals surface area contributed by atoms with Crippen LogP contribution in [-0.4, -0.2) is 35.4 Å². The molecule has 1 aromatic rings. The summed E-state index contributed by atoms with van der Waals surface area (Å²) < 4.78 is 0. The second-order valence-corrected chi connectivity index (χ2v) is 5.42. The first-order valence-electron chi connectivity index (χ1n) is 6.91. The number of anilines is 2. The Bertz CT molecular complexity index is 402. The van der Waals surface area contributed by atoms with Gasteiger partial charge in [0.25, 0.3) is 0 Å². The third-order valence-corrected chi connectivity index (χ3v) is 3.94. The van der Waals surface area contributed by atoms with E-state index in [-0.39, 0.29) is 0 Å². The van der Waals surface area contributed by atoms with Crippen LogP contribution in [0.5, 0.6) is 0 Å². The van der Waals surface area contributed by atoms with Gasteiger partial charge in [0.05, 0.1) is 11.9 Å². The van der Waals surface area contributed by atoms with E-state index < -0.39 is 0 Å². The Labute approximate surface area is 108 Å². The molecule has 0 spiro atoms. The van der Waals surface area contributed by atoms with Gasteiger partial charge in [-0.1, -0.05) is 12.8 Å². The van der Waals surface area contributed by atoms with Gasteiger partial charge in [-0.3, -0.25) is 0 Å². The molecule has 1 aliphatic heterocycles. The second-order valence-electron chi connectivity index (χ2n) is 5.42. The Morgan fingerprint density at radius 3 is 2.83 bits per heavy atom. The largest absolute Gasteiger partial charge is 0.369 e. The van der Waals surface area contributed by atoms with Crippen LogP contribution in [-0.2, 0) is 0 Å². The molecular weight excluding hydrogens is 226 g/mol. The van der Waals surface area contributed by atoms with Crippen LogP contribution < -0.4 is 16.0 Å². The van der Waals surface area contributed by atoms with E-state index in [0.717, 1.165) is 31.0 Å². The lowest BCUT2D eigenvalue weighted by molar-refractivity contribution is 0.744. The summed E-state index contributed by atoms with van der Waals surface area (Å²) in [5.41, 5.74) is 7.08. The molecule has 0 aromatic carbocycles. The maximum Gasteiger partial charge on any atom is 0.150 e. The predicted molar refractivity (Wildman–Crippen MR) is 72.7 cm³/mol. The number of aromatic nitrogens is 2. The summed E-state index contributed by atoms with van der Waals surface area (Å²) in [5, 5.41) is 11.8. The van der Waals surface area contributed by atoms with E-state index in [2.05, 4.69) is 26.5 Å². The summed E-state index contributed by atoms with van der Waals surface area (Å²) in [7, 11) is 0. The average molecular weight is 247 g/mol. The fraction of sp³-hybridized carbons (Fsp3) is 0.692. The number of hydrogen-bond donors (Lipinski definition) is 2. The van der Waals surface area contributed by atoms with Crippen molar-refractivity contribution in [2.75, 3.05) is 23.3 Å². The van der Waals surface area contributed by atoms with Crippen LogP contribution in [0.2, 0.25) is 0 Å². The molecule has 5 nitrogen and oxygen atoms in total. The van der Waals surface area contributed by atoms with Gasteiger partial charge >= 0.3 is 0 Å². The molecule has 98 valence electrons. The number of hydrogen-bond acceptors (Lipinski definition) is 5. The van der Waals surface area contributed by atoms with E-state index in [1.807, 2.05) is 6.20 Å². The van der Waals surface area contributed by atoms with Crippen molar-refractivity contribution in [1.29, 1.82) is 0 Å². The standard InChI is InChI=1S/C13H21N5/c14-10-5-6-18(9-10)12-7-13(17-15-8-12)16-11-3-1-2-4-11/h7-8,10-11H,1-6,9,14H2,(H,16,17)/t10-/m1/s1. The monoisotopic (exact) mass is 247 g/mol. The quantitative estimate of drug-likeness (QED) is 0.844. The summed E-state index contributed by atoms with van der Waals surface area (Å²) >= 11 is 0. The van der Waals surface area contributed by atoms with Crippen molar-refractivity contribution in [3.8, 4) is 0 Å². The van der Waals surface area contributed by atoms with Crippen LogP contribution in [0.15, 0.2) is 12.3 Å². The lowest BCUT2D eigenvalue weighted by atomic mass is 10.2. The first-order valence-corrected chi connectivity index (χ1v) is 6.91. The highest BCUT2D eigenvalue weighted by Gasteiger charge is 2.20. The zero-order valence-electron chi connectivity index (χ0n) is 10.7. The molecule has 1 atom stereocenters. The molecule has 0 bridgehead atoms.